The Morgan fingerprint density at radius 3 is 2.56 bits per heavy atom. The lowest BCUT2D eigenvalue weighted by Gasteiger charge is -2.16. The number of benzene rings is 4. The Morgan fingerprint density at radius 2 is 1.72 bits per heavy atom. The van der Waals surface area contributed by atoms with E-state index in [1.807, 2.05) is 48.5 Å². The molecule has 1 aliphatic rings. The number of rotatable bonds is 5. The maximum Gasteiger partial charge on any atom is 0.255 e. The minimum Gasteiger partial charge on any atom is -0.457 e. The number of ether oxygens (including phenoxy) is 1. The van der Waals surface area contributed by atoms with Gasteiger partial charge in [0.1, 0.15) is 11.5 Å². The SMILES string of the molecule is O=C(Cc1cccc2ccccc12)N(O)c1ccc(Oc2ccc3c(c2)C(I)CC3)cc1. The Labute approximate surface area is 200 Å². The molecule has 1 aliphatic carbocycles. The van der Waals surface area contributed by atoms with E-state index in [0.717, 1.165) is 28.5 Å². The van der Waals surface area contributed by atoms with Crippen LogP contribution < -0.4 is 9.80 Å². The second-order valence-electron chi connectivity index (χ2n) is 7.98. The first-order valence-electron chi connectivity index (χ1n) is 10.6. The van der Waals surface area contributed by atoms with Gasteiger partial charge in [0.15, 0.2) is 0 Å². The smallest absolute Gasteiger partial charge is 0.255 e. The van der Waals surface area contributed by atoms with Gasteiger partial charge in [0.2, 0.25) is 0 Å². The summed E-state index contributed by atoms with van der Waals surface area (Å²) in [6.07, 6.45) is 2.41. The first-order valence-corrected chi connectivity index (χ1v) is 11.9. The number of halogens is 1. The summed E-state index contributed by atoms with van der Waals surface area (Å²) < 4.78 is 6.53. The van der Waals surface area contributed by atoms with E-state index in [1.54, 1.807) is 24.3 Å². The molecule has 1 unspecified atom stereocenters. The third-order valence-electron chi connectivity index (χ3n) is 5.90. The van der Waals surface area contributed by atoms with Gasteiger partial charge in [-0.15, -0.1) is 0 Å². The van der Waals surface area contributed by atoms with E-state index in [1.165, 1.54) is 17.5 Å². The molecule has 0 saturated carbocycles. The van der Waals surface area contributed by atoms with Crippen LogP contribution in [0.25, 0.3) is 10.8 Å². The van der Waals surface area contributed by atoms with Crippen LogP contribution in [0, 0.1) is 0 Å². The van der Waals surface area contributed by atoms with Gasteiger partial charge in [-0.25, -0.2) is 0 Å². The van der Waals surface area contributed by atoms with Gasteiger partial charge in [0.25, 0.3) is 5.91 Å². The van der Waals surface area contributed by atoms with Crippen LogP contribution in [0.4, 0.5) is 5.69 Å². The monoisotopic (exact) mass is 535 g/mol. The van der Waals surface area contributed by atoms with Crippen LogP contribution in [0.3, 0.4) is 0 Å². The Kier molecular flexibility index (Phi) is 5.85. The number of carbonyl (C=O) groups excluding carboxylic acids is 1. The molecule has 4 aromatic carbocycles. The second kappa shape index (κ2) is 8.92. The maximum absolute atomic E-state index is 12.7. The molecule has 1 amide bonds. The lowest BCUT2D eigenvalue weighted by Crippen LogP contribution is -2.28. The van der Waals surface area contributed by atoms with Gasteiger partial charge in [-0.2, -0.15) is 5.06 Å². The molecule has 0 aliphatic heterocycles. The highest BCUT2D eigenvalue weighted by molar-refractivity contribution is 14.1. The Bertz CT molecular complexity index is 1280. The molecule has 4 aromatic rings. The Hall–Kier alpha value is -2.90. The highest BCUT2D eigenvalue weighted by Gasteiger charge is 2.20. The molecule has 160 valence electrons. The van der Waals surface area contributed by atoms with Gasteiger partial charge in [0.05, 0.1) is 12.1 Å². The number of hydroxylamine groups is 1. The molecule has 0 saturated heterocycles. The fourth-order valence-corrected chi connectivity index (χ4v) is 5.10. The van der Waals surface area contributed by atoms with Crippen molar-refractivity contribution in [2.75, 3.05) is 5.06 Å². The molecule has 0 radical (unpaired) electrons. The molecule has 0 aromatic heterocycles. The largest absolute Gasteiger partial charge is 0.457 e. The van der Waals surface area contributed by atoms with Crippen molar-refractivity contribution >= 4 is 45.0 Å². The Morgan fingerprint density at radius 1 is 0.969 bits per heavy atom. The Balaban J connectivity index is 1.28. The highest BCUT2D eigenvalue weighted by atomic mass is 127. The van der Waals surface area contributed by atoms with Crippen LogP contribution in [-0.4, -0.2) is 11.1 Å². The number of hydrogen-bond acceptors (Lipinski definition) is 3. The summed E-state index contributed by atoms with van der Waals surface area (Å²) in [4.78, 5) is 12.7. The van der Waals surface area contributed by atoms with Crippen LogP contribution in [0.15, 0.2) is 84.9 Å². The summed E-state index contributed by atoms with van der Waals surface area (Å²) >= 11 is 2.48. The molecule has 0 heterocycles. The van der Waals surface area contributed by atoms with Crippen molar-refractivity contribution in [3.05, 3.63) is 102 Å². The summed E-state index contributed by atoms with van der Waals surface area (Å²) in [6.45, 7) is 0. The number of aryl methyl sites for hydroxylation is 1. The fraction of sp³-hybridized carbons (Fsp3) is 0.148. The van der Waals surface area contributed by atoms with Gasteiger partial charge < -0.3 is 4.74 Å². The fourth-order valence-electron chi connectivity index (χ4n) is 4.21. The van der Waals surface area contributed by atoms with Crippen LogP contribution in [0.2, 0.25) is 0 Å². The van der Waals surface area contributed by atoms with Crippen molar-refractivity contribution in [1.82, 2.24) is 0 Å². The third-order valence-corrected chi connectivity index (χ3v) is 7.19. The lowest BCUT2D eigenvalue weighted by molar-refractivity contribution is -0.122. The number of hydrogen-bond donors (Lipinski definition) is 1. The van der Waals surface area contributed by atoms with E-state index < -0.39 is 0 Å². The molecule has 5 rings (SSSR count). The van der Waals surface area contributed by atoms with Crippen molar-refractivity contribution < 1.29 is 14.7 Å². The summed E-state index contributed by atoms with van der Waals surface area (Å²) in [5.74, 6) is 1.07. The first kappa shape index (κ1) is 21.0. The molecule has 0 fully saturated rings. The molecule has 0 bridgehead atoms. The van der Waals surface area contributed by atoms with Crippen LogP contribution in [0.5, 0.6) is 11.5 Å². The van der Waals surface area contributed by atoms with Crippen LogP contribution in [-0.2, 0) is 17.6 Å². The zero-order chi connectivity index (χ0) is 22.1. The van der Waals surface area contributed by atoms with Gasteiger partial charge in [-0.3, -0.25) is 10.0 Å². The van der Waals surface area contributed by atoms with E-state index >= 15 is 0 Å². The van der Waals surface area contributed by atoms with Gasteiger partial charge >= 0.3 is 0 Å². The summed E-state index contributed by atoms with van der Waals surface area (Å²) in [5, 5.41) is 13.3. The minimum atomic E-state index is -0.387. The van der Waals surface area contributed by atoms with E-state index in [-0.39, 0.29) is 12.3 Å². The number of amides is 1. The van der Waals surface area contributed by atoms with E-state index in [0.29, 0.717) is 20.4 Å². The average molecular weight is 535 g/mol. The number of anilines is 1. The zero-order valence-corrected chi connectivity index (χ0v) is 19.5. The first-order chi connectivity index (χ1) is 15.6. The summed E-state index contributed by atoms with van der Waals surface area (Å²) in [7, 11) is 0. The van der Waals surface area contributed by atoms with Gasteiger partial charge in [-0.05, 0) is 76.7 Å². The molecular formula is C27H22INO3. The molecule has 5 heteroatoms. The molecular weight excluding hydrogens is 513 g/mol. The van der Waals surface area contributed by atoms with Crippen molar-refractivity contribution in [3.63, 3.8) is 0 Å². The topological polar surface area (TPSA) is 49.8 Å². The van der Waals surface area contributed by atoms with Crippen molar-refractivity contribution in [2.24, 2.45) is 0 Å². The molecule has 1 N–H and O–H groups in total. The summed E-state index contributed by atoms with van der Waals surface area (Å²) in [5.41, 5.74) is 4.04. The van der Waals surface area contributed by atoms with E-state index in [9.17, 15) is 10.0 Å². The number of fused-ring (bicyclic) bond motifs is 2. The quantitative estimate of drug-likeness (QED) is 0.129. The standard InChI is InChI=1S/C27H22INO3/c28-26-15-9-19-8-12-23(17-25(19)26)32-22-13-10-21(11-14-22)29(31)27(30)16-20-6-3-5-18-4-1-2-7-24(18)20/h1-8,10-14,17,26,31H,9,15-16H2. The highest BCUT2D eigenvalue weighted by Crippen LogP contribution is 2.40. The van der Waals surface area contributed by atoms with Crippen LogP contribution in [0.1, 0.15) is 27.0 Å². The zero-order valence-electron chi connectivity index (χ0n) is 17.4. The predicted octanol–water partition coefficient (Wildman–Crippen LogP) is 7.02. The normalized spacial score (nSPS) is 14.9. The third kappa shape index (κ3) is 4.23. The lowest BCUT2D eigenvalue weighted by atomic mass is 10.0. The number of carbonyl (C=O) groups is 1. The number of alkyl halides is 1. The van der Waals surface area contributed by atoms with Crippen molar-refractivity contribution in [2.45, 2.75) is 23.2 Å². The molecule has 32 heavy (non-hydrogen) atoms. The minimum absolute atomic E-state index is 0.114. The second-order valence-corrected chi connectivity index (χ2v) is 9.49. The van der Waals surface area contributed by atoms with E-state index in [2.05, 4.69) is 34.7 Å². The molecule has 1 atom stereocenters. The summed E-state index contributed by atoms with van der Waals surface area (Å²) in [6, 6.07) is 26.9. The van der Waals surface area contributed by atoms with Gasteiger partial charge in [-0.1, -0.05) is 71.1 Å². The van der Waals surface area contributed by atoms with E-state index in [4.69, 9.17) is 4.74 Å². The average Bonchev–Trinajstić information content (AvgIpc) is 3.19. The maximum atomic E-state index is 12.7. The van der Waals surface area contributed by atoms with Crippen LogP contribution >= 0.6 is 22.6 Å². The molecule has 4 nitrogen and oxygen atoms in total. The predicted molar refractivity (Wildman–Crippen MR) is 135 cm³/mol. The number of nitrogens with zero attached hydrogens (tertiary/aromatic N) is 1. The van der Waals surface area contributed by atoms with Gasteiger partial charge in [0, 0.05) is 3.92 Å². The van der Waals surface area contributed by atoms with Crippen molar-refractivity contribution in [3.8, 4) is 11.5 Å². The molecule has 0 spiro atoms. The van der Waals surface area contributed by atoms with Crippen molar-refractivity contribution in [1.29, 1.82) is 0 Å².